The molecule has 2 aromatic heterocycles. The van der Waals surface area contributed by atoms with Crippen LogP contribution in [-0.4, -0.2) is 46.8 Å². The highest BCUT2D eigenvalue weighted by Gasteiger charge is 2.36. The molecule has 0 aliphatic rings. The quantitative estimate of drug-likeness (QED) is 0.402. The number of carbonyl (C=O) groups is 1. The minimum Gasteiger partial charge on any atom is -0.493 e. The molecule has 0 bridgehead atoms. The molecule has 0 fully saturated rings. The molecular weight excluding hydrogens is 491 g/mol. The van der Waals surface area contributed by atoms with Crippen molar-refractivity contribution in [1.82, 2.24) is 19.6 Å². The molecule has 1 N–H and O–H groups in total. The summed E-state index contributed by atoms with van der Waals surface area (Å²) in [5.74, 6) is -0.971. The highest BCUT2D eigenvalue weighted by atomic mass is 35.5. The van der Waals surface area contributed by atoms with Crippen molar-refractivity contribution >= 4 is 29.0 Å². The van der Waals surface area contributed by atoms with E-state index in [9.17, 15) is 18.0 Å². The molecule has 0 unspecified atom stereocenters. The second-order valence-corrected chi connectivity index (χ2v) is 7.48. The fraction of sp³-hybridized carbons (Fsp3) is 0.182. The molecule has 2 heterocycles. The summed E-state index contributed by atoms with van der Waals surface area (Å²) in [6.07, 6.45) is -4.79. The zero-order valence-corrected chi connectivity index (χ0v) is 19.2. The topological polar surface area (TPSA) is 99.9 Å². The Labute approximate surface area is 201 Å². The van der Waals surface area contributed by atoms with Gasteiger partial charge in [0.25, 0.3) is 11.7 Å². The summed E-state index contributed by atoms with van der Waals surface area (Å²) in [5, 5.41) is 6.68. The molecule has 35 heavy (non-hydrogen) atoms. The predicted octanol–water partition coefficient (Wildman–Crippen LogP) is 4.74. The third kappa shape index (κ3) is 4.78. The first-order valence-electron chi connectivity index (χ1n) is 9.87. The number of alkyl halides is 3. The number of ether oxygens (including phenoxy) is 3. The van der Waals surface area contributed by atoms with Gasteiger partial charge in [0.1, 0.15) is 0 Å². The van der Waals surface area contributed by atoms with E-state index in [-0.39, 0.29) is 22.9 Å². The van der Waals surface area contributed by atoms with Crippen LogP contribution in [-0.2, 0) is 6.18 Å². The zero-order valence-electron chi connectivity index (χ0n) is 18.5. The summed E-state index contributed by atoms with van der Waals surface area (Å²) in [6, 6.07) is 9.82. The largest absolute Gasteiger partial charge is 0.493 e. The Morgan fingerprint density at radius 2 is 1.60 bits per heavy atom. The first kappa shape index (κ1) is 24.1. The highest BCUT2D eigenvalue weighted by molar-refractivity contribution is 6.30. The average Bonchev–Trinajstić information content (AvgIpc) is 3.27. The van der Waals surface area contributed by atoms with E-state index in [1.54, 1.807) is 0 Å². The van der Waals surface area contributed by atoms with Crippen molar-refractivity contribution in [2.75, 3.05) is 26.6 Å². The maximum absolute atomic E-state index is 13.8. The number of halogens is 4. The average molecular weight is 508 g/mol. The molecular formula is C22H17ClF3N5O4. The maximum Gasteiger partial charge on any atom is 0.433 e. The normalized spacial score (nSPS) is 11.4. The first-order valence-corrected chi connectivity index (χ1v) is 10.2. The van der Waals surface area contributed by atoms with Gasteiger partial charge >= 0.3 is 6.18 Å². The van der Waals surface area contributed by atoms with E-state index in [4.69, 9.17) is 25.8 Å². The van der Waals surface area contributed by atoms with Crippen molar-refractivity contribution in [3.63, 3.8) is 0 Å². The highest BCUT2D eigenvalue weighted by Crippen LogP contribution is 2.40. The lowest BCUT2D eigenvalue weighted by atomic mass is 10.1. The number of anilines is 1. The molecule has 13 heteroatoms. The number of amides is 1. The van der Waals surface area contributed by atoms with Gasteiger partial charge < -0.3 is 19.5 Å². The minimum absolute atomic E-state index is 0.00882. The number of hydrogen-bond donors (Lipinski definition) is 1. The van der Waals surface area contributed by atoms with Crippen LogP contribution in [0.4, 0.5) is 18.9 Å². The van der Waals surface area contributed by atoms with Gasteiger partial charge in [0.15, 0.2) is 17.2 Å². The van der Waals surface area contributed by atoms with Gasteiger partial charge in [-0.1, -0.05) is 23.7 Å². The van der Waals surface area contributed by atoms with E-state index in [0.29, 0.717) is 20.9 Å². The van der Waals surface area contributed by atoms with Gasteiger partial charge in [0.2, 0.25) is 11.6 Å². The SMILES string of the molecule is COc1cc(NC(=O)c2nc3nc(-c4ccc(Cl)cc4)cc(C(F)(F)F)n3n2)cc(OC)c1OC. The molecule has 0 atom stereocenters. The molecule has 0 spiro atoms. The van der Waals surface area contributed by atoms with Crippen LogP contribution >= 0.6 is 11.6 Å². The zero-order chi connectivity index (χ0) is 25.3. The van der Waals surface area contributed by atoms with Gasteiger partial charge in [-0.15, -0.1) is 5.10 Å². The predicted molar refractivity (Wildman–Crippen MR) is 120 cm³/mol. The molecule has 9 nitrogen and oxygen atoms in total. The lowest BCUT2D eigenvalue weighted by Gasteiger charge is -2.14. The Bertz CT molecular complexity index is 1380. The summed E-state index contributed by atoms with van der Waals surface area (Å²) in [6.45, 7) is 0. The van der Waals surface area contributed by atoms with Crippen LogP contribution in [0.2, 0.25) is 5.02 Å². The fourth-order valence-electron chi connectivity index (χ4n) is 3.28. The van der Waals surface area contributed by atoms with Crippen LogP contribution in [0.3, 0.4) is 0 Å². The Morgan fingerprint density at radius 1 is 0.971 bits per heavy atom. The van der Waals surface area contributed by atoms with E-state index in [0.717, 1.165) is 6.07 Å². The number of methoxy groups -OCH3 is 3. The van der Waals surface area contributed by atoms with Crippen molar-refractivity contribution in [2.45, 2.75) is 6.18 Å². The van der Waals surface area contributed by atoms with Gasteiger partial charge in [-0.25, -0.2) is 4.98 Å². The van der Waals surface area contributed by atoms with Gasteiger partial charge in [-0.2, -0.15) is 22.7 Å². The van der Waals surface area contributed by atoms with Gasteiger partial charge in [-0.05, 0) is 18.2 Å². The molecule has 4 rings (SSSR count). The smallest absolute Gasteiger partial charge is 0.433 e. The Kier molecular flexibility index (Phi) is 6.39. The number of fused-ring (bicyclic) bond motifs is 1. The molecule has 0 radical (unpaired) electrons. The van der Waals surface area contributed by atoms with Gasteiger partial charge in [-0.3, -0.25) is 4.79 Å². The van der Waals surface area contributed by atoms with Crippen molar-refractivity contribution in [1.29, 1.82) is 0 Å². The lowest BCUT2D eigenvalue weighted by molar-refractivity contribution is -0.142. The Hall–Kier alpha value is -4.06. The lowest BCUT2D eigenvalue weighted by Crippen LogP contribution is -2.16. The van der Waals surface area contributed by atoms with Crippen LogP contribution in [0.5, 0.6) is 17.2 Å². The number of aromatic nitrogens is 4. The summed E-state index contributed by atoms with van der Waals surface area (Å²) < 4.78 is 57.6. The molecule has 1 amide bonds. The fourth-order valence-corrected chi connectivity index (χ4v) is 3.40. The number of carbonyl (C=O) groups excluding carboxylic acids is 1. The number of rotatable bonds is 6. The second-order valence-electron chi connectivity index (χ2n) is 7.05. The Morgan fingerprint density at radius 3 is 2.14 bits per heavy atom. The Balaban J connectivity index is 1.75. The number of hydrogen-bond acceptors (Lipinski definition) is 7. The third-order valence-corrected chi connectivity index (χ3v) is 5.12. The van der Waals surface area contributed by atoms with Crippen molar-refractivity contribution in [3.05, 3.63) is 59.0 Å². The van der Waals surface area contributed by atoms with Crippen LogP contribution in [0.1, 0.15) is 16.3 Å². The summed E-state index contributed by atoms with van der Waals surface area (Å²) in [5.41, 5.74) is -0.555. The summed E-state index contributed by atoms with van der Waals surface area (Å²) in [4.78, 5) is 20.9. The molecule has 2 aromatic carbocycles. The van der Waals surface area contributed by atoms with Crippen LogP contribution in [0.25, 0.3) is 17.0 Å². The molecule has 182 valence electrons. The molecule has 4 aromatic rings. The second kappa shape index (κ2) is 9.29. The van der Waals surface area contributed by atoms with E-state index in [1.165, 1.54) is 57.7 Å². The minimum atomic E-state index is -4.79. The van der Waals surface area contributed by atoms with E-state index in [2.05, 4.69) is 20.4 Å². The van der Waals surface area contributed by atoms with Crippen molar-refractivity contribution in [2.24, 2.45) is 0 Å². The van der Waals surface area contributed by atoms with Crippen molar-refractivity contribution < 1.29 is 32.2 Å². The number of nitrogens with one attached hydrogen (secondary N) is 1. The van der Waals surface area contributed by atoms with Crippen LogP contribution < -0.4 is 19.5 Å². The van der Waals surface area contributed by atoms with E-state index in [1.807, 2.05) is 0 Å². The number of benzene rings is 2. The summed E-state index contributed by atoms with van der Waals surface area (Å²) >= 11 is 5.86. The number of nitrogens with zero attached hydrogens (tertiary/aromatic N) is 4. The van der Waals surface area contributed by atoms with Crippen LogP contribution in [0, 0.1) is 0 Å². The maximum atomic E-state index is 13.8. The first-order chi connectivity index (χ1) is 16.6. The standard InChI is InChI=1S/C22H17ClF3N5O4/c1-33-15-8-13(9-16(34-2)18(15)35-3)27-20(32)19-29-21-28-14(11-4-6-12(23)7-5-11)10-17(22(24,25)26)31(21)30-19/h4-10H,1-3H3,(H,27,32). The summed E-state index contributed by atoms with van der Waals surface area (Å²) in [7, 11) is 4.22. The molecule has 0 aliphatic carbocycles. The third-order valence-electron chi connectivity index (χ3n) is 4.87. The van der Waals surface area contributed by atoms with E-state index >= 15 is 0 Å². The van der Waals surface area contributed by atoms with Gasteiger partial charge in [0, 0.05) is 28.4 Å². The van der Waals surface area contributed by atoms with Crippen LogP contribution in [0.15, 0.2) is 42.5 Å². The van der Waals surface area contributed by atoms with Crippen molar-refractivity contribution in [3.8, 4) is 28.5 Å². The monoisotopic (exact) mass is 507 g/mol. The molecule has 0 aliphatic heterocycles. The van der Waals surface area contributed by atoms with Gasteiger partial charge in [0.05, 0.1) is 27.0 Å². The molecule has 0 saturated heterocycles. The molecule has 0 saturated carbocycles. The van der Waals surface area contributed by atoms with E-state index < -0.39 is 29.4 Å².